The van der Waals surface area contributed by atoms with Crippen LogP contribution >= 0.6 is 0 Å². The lowest BCUT2D eigenvalue weighted by molar-refractivity contribution is -0.0579. The Morgan fingerprint density at radius 3 is 2.26 bits per heavy atom. The standard InChI is InChI=1S/C17H30N2/c1-19(6-4-16-3-2-5-18-16)17-14-8-12-7-13(10-14)11-15(17)9-12/h12-18H,2-11H2,1H3. The van der Waals surface area contributed by atoms with E-state index in [-0.39, 0.29) is 0 Å². The highest BCUT2D eigenvalue weighted by Crippen LogP contribution is 2.54. The molecule has 4 aliphatic carbocycles. The summed E-state index contributed by atoms with van der Waals surface area (Å²) in [4.78, 5) is 2.76. The molecule has 4 saturated carbocycles. The lowest BCUT2D eigenvalue weighted by Gasteiger charge is -2.56. The van der Waals surface area contributed by atoms with Crippen molar-refractivity contribution in [3.63, 3.8) is 0 Å². The van der Waals surface area contributed by atoms with Crippen LogP contribution in [0, 0.1) is 23.7 Å². The second kappa shape index (κ2) is 5.04. The van der Waals surface area contributed by atoms with Gasteiger partial charge < -0.3 is 10.2 Å². The quantitative estimate of drug-likeness (QED) is 0.838. The molecule has 1 aliphatic heterocycles. The minimum atomic E-state index is 0.819. The number of nitrogens with one attached hydrogen (secondary N) is 1. The molecule has 0 aromatic carbocycles. The molecule has 5 rings (SSSR count). The third-order valence-electron chi connectivity index (χ3n) is 6.68. The van der Waals surface area contributed by atoms with Gasteiger partial charge >= 0.3 is 0 Å². The summed E-state index contributed by atoms with van der Waals surface area (Å²) in [5.74, 6) is 4.34. The fourth-order valence-electron chi connectivity index (χ4n) is 6.13. The summed E-state index contributed by atoms with van der Waals surface area (Å²) in [5, 5.41) is 3.65. The molecule has 2 heteroatoms. The third kappa shape index (κ3) is 2.35. The van der Waals surface area contributed by atoms with Gasteiger partial charge in [-0.2, -0.15) is 0 Å². The minimum Gasteiger partial charge on any atom is -0.314 e. The van der Waals surface area contributed by atoms with Crippen molar-refractivity contribution in [1.82, 2.24) is 10.2 Å². The average Bonchev–Trinajstić information content (AvgIpc) is 2.88. The highest BCUT2D eigenvalue weighted by atomic mass is 15.1. The van der Waals surface area contributed by atoms with E-state index in [1.165, 1.54) is 32.4 Å². The van der Waals surface area contributed by atoms with Gasteiger partial charge in [-0.15, -0.1) is 0 Å². The van der Waals surface area contributed by atoms with Crippen molar-refractivity contribution in [2.24, 2.45) is 23.7 Å². The van der Waals surface area contributed by atoms with E-state index in [9.17, 15) is 0 Å². The molecule has 0 spiro atoms. The summed E-state index contributed by atoms with van der Waals surface area (Å²) in [6, 6.07) is 1.76. The van der Waals surface area contributed by atoms with E-state index in [4.69, 9.17) is 0 Å². The molecular weight excluding hydrogens is 232 g/mol. The van der Waals surface area contributed by atoms with Crippen LogP contribution in [-0.2, 0) is 0 Å². The lowest BCUT2D eigenvalue weighted by Crippen LogP contribution is -2.55. The molecule has 5 aliphatic rings. The van der Waals surface area contributed by atoms with Gasteiger partial charge in [0.25, 0.3) is 0 Å². The number of hydrogen-bond donors (Lipinski definition) is 1. The molecule has 0 aromatic rings. The van der Waals surface area contributed by atoms with Crippen LogP contribution in [-0.4, -0.2) is 37.1 Å². The molecule has 4 bridgehead atoms. The Balaban J connectivity index is 1.35. The average molecular weight is 262 g/mol. The van der Waals surface area contributed by atoms with Crippen molar-refractivity contribution in [1.29, 1.82) is 0 Å². The fraction of sp³-hybridized carbons (Fsp3) is 1.00. The van der Waals surface area contributed by atoms with E-state index in [0.29, 0.717) is 0 Å². The molecule has 1 heterocycles. The summed E-state index contributed by atoms with van der Waals surface area (Å²) >= 11 is 0. The van der Waals surface area contributed by atoms with Gasteiger partial charge in [0.1, 0.15) is 0 Å². The van der Waals surface area contributed by atoms with Crippen molar-refractivity contribution in [2.45, 2.75) is 63.5 Å². The molecule has 1 unspecified atom stereocenters. The Labute approximate surface area is 118 Å². The number of rotatable bonds is 4. The van der Waals surface area contributed by atoms with Gasteiger partial charge in [-0.1, -0.05) is 0 Å². The molecular formula is C17H30N2. The zero-order valence-corrected chi connectivity index (χ0v) is 12.5. The van der Waals surface area contributed by atoms with Gasteiger partial charge in [0.05, 0.1) is 0 Å². The number of hydrogen-bond acceptors (Lipinski definition) is 2. The van der Waals surface area contributed by atoms with E-state index in [2.05, 4.69) is 17.3 Å². The minimum absolute atomic E-state index is 0.819. The fourth-order valence-corrected chi connectivity index (χ4v) is 6.13. The molecule has 0 aromatic heterocycles. The Morgan fingerprint density at radius 1 is 1.00 bits per heavy atom. The normalized spacial score (nSPS) is 48.3. The maximum absolute atomic E-state index is 3.65. The molecule has 5 fully saturated rings. The van der Waals surface area contributed by atoms with Crippen molar-refractivity contribution >= 4 is 0 Å². The van der Waals surface area contributed by atoms with Crippen LogP contribution in [0.1, 0.15) is 51.4 Å². The monoisotopic (exact) mass is 262 g/mol. The van der Waals surface area contributed by atoms with Crippen LogP contribution < -0.4 is 5.32 Å². The van der Waals surface area contributed by atoms with Gasteiger partial charge in [0.15, 0.2) is 0 Å². The maximum atomic E-state index is 3.65. The predicted octanol–water partition coefficient (Wildman–Crippen LogP) is 2.89. The molecule has 1 saturated heterocycles. The third-order valence-corrected chi connectivity index (χ3v) is 6.68. The van der Waals surface area contributed by atoms with E-state index in [1.54, 1.807) is 32.1 Å². The highest BCUT2D eigenvalue weighted by molar-refractivity contribution is 5.01. The number of nitrogens with zero attached hydrogens (tertiary/aromatic N) is 1. The Kier molecular flexibility index (Phi) is 3.35. The first-order chi connectivity index (χ1) is 9.29. The molecule has 1 atom stereocenters. The second-order valence-electron chi connectivity index (χ2n) is 7.98. The SMILES string of the molecule is CN(CCC1CCCN1)C1C2CC3CC(C2)CC1C3. The van der Waals surface area contributed by atoms with E-state index in [0.717, 1.165) is 35.8 Å². The zero-order valence-electron chi connectivity index (χ0n) is 12.5. The molecule has 1 N–H and O–H groups in total. The van der Waals surface area contributed by atoms with Crippen LogP contribution in [0.25, 0.3) is 0 Å². The van der Waals surface area contributed by atoms with Gasteiger partial charge in [0, 0.05) is 12.1 Å². The first kappa shape index (κ1) is 12.6. The van der Waals surface area contributed by atoms with Gasteiger partial charge in [-0.3, -0.25) is 0 Å². The summed E-state index contributed by atoms with van der Waals surface area (Å²) < 4.78 is 0. The van der Waals surface area contributed by atoms with Crippen molar-refractivity contribution < 1.29 is 0 Å². The van der Waals surface area contributed by atoms with Gasteiger partial charge in [0.2, 0.25) is 0 Å². The van der Waals surface area contributed by atoms with Crippen LogP contribution in [0.3, 0.4) is 0 Å². The molecule has 108 valence electrons. The van der Waals surface area contributed by atoms with Crippen LogP contribution in [0.2, 0.25) is 0 Å². The largest absolute Gasteiger partial charge is 0.314 e. The summed E-state index contributed by atoms with van der Waals surface area (Å²) in [6.07, 6.45) is 12.0. The zero-order chi connectivity index (χ0) is 12.8. The molecule has 0 radical (unpaired) electrons. The first-order valence-corrected chi connectivity index (χ1v) is 8.73. The van der Waals surface area contributed by atoms with Crippen LogP contribution in [0.15, 0.2) is 0 Å². The van der Waals surface area contributed by atoms with Gasteiger partial charge in [-0.05, 0) is 95.2 Å². The topological polar surface area (TPSA) is 15.3 Å². The van der Waals surface area contributed by atoms with Crippen LogP contribution in [0.4, 0.5) is 0 Å². The summed E-state index contributed by atoms with van der Waals surface area (Å²) in [7, 11) is 2.42. The predicted molar refractivity (Wildman–Crippen MR) is 79.1 cm³/mol. The maximum Gasteiger partial charge on any atom is 0.0149 e. The first-order valence-electron chi connectivity index (χ1n) is 8.73. The smallest absolute Gasteiger partial charge is 0.0149 e. The van der Waals surface area contributed by atoms with Crippen LogP contribution in [0.5, 0.6) is 0 Å². The Hall–Kier alpha value is -0.0800. The lowest BCUT2D eigenvalue weighted by atomic mass is 9.54. The Bertz CT molecular complexity index is 293. The van der Waals surface area contributed by atoms with E-state index < -0.39 is 0 Å². The van der Waals surface area contributed by atoms with Crippen molar-refractivity contribution in [2.75, 3.05) is 20.1 Å². The highest BCUT2D eigenvalue weighted by Gasteiger charge is 2.49. The van der Waals surface area contributed by atoms with Crippen molar-refractivity contribution in [3.8, 4) is 0 Å². The molecule has 2 nitrogen and oxygen atoms in total. The van der Waals surface area contributed by atoms with Gasteiger partial charge in [-0.25, -0.2) is 0 Å². The van der Waals surface area contributed by atoms with E-state index in [1.807, 2.05) is 0 Å². The van der Waals surface area contributed by atoms with Crippen molar-refractivity contribution in [3.05, 3.63) is 0 Å². The second-order valence-corrected chi connectivity index (χ2v) is 7.98. The molecule has 19 heavy (non-hydrogen) atoms. The Morgan fingerprint density at radius 2 is 1.68 bits per heavy atom. The van der Waals surface area contributed by atoms with E-state index >= 15 is 0 Å². The molecule has 0 amide bonds. The summed E-state index contributed by atoms with van der Waals surface area (Å²) in [6.45, 7) is 2.58. The summed E-state index contributed by atoms with van der Waals surface area (Å²) in [5.41, 5.74) is 0.